The van der Waals surface area contributed by atoms with Crippen LogP contribution in [0.1, 0.15) is 5.56 Å². The Kier molecular flexibility index (Phi) is 4.42. The molecule has 0 aliphatic heterocycles. The normalized spacial score (nSPS) is 10.5. The molecule has 0 fully saturated rings. The molecule has 2 aromatic rings. The predicted octanol–water partition coefficient (Wildman–Crippen LogP) is 3.61. The maximum atomic E-state index is 6.03. The van der Waals surface area contributed by atoms with Gasteiger partial charge in [0.2, 0.25) is 0 Å². The van der Waals surface area contributed by atoms with E-state index in [1.807, 2.05) is 43.4 Å². The van der Waals surface area contributed by atoms with Crippen LogP contribution in [0.5, 0.6) is 0 Å². The lowest BCUT2D eigenvalue weighted by molar-refractivity contribution is 0.803. The molecular formula is C13H13ClN2S. The Bertz CT molecular complexity index is 488. The molecule has 0 unspecified atom stereocenters. The monoisotopic (exact) mass is 264 g/mol. The van der Waals surface area contributed by atoms with E-state index in [1.54, 1.807) is 18.0 Å². The van der Waals surface area contributed by atoms with Crippen molar-refractivity contribution in [2.75, 3.05) is 7.05 Å². The molecule has 0 aliphatic rings. The highest BCUT2D eigenvalue weighted by Crippen LogP contribution is 2.31. The first-order valence-electron chi connectivity index (χ1n) is 5.31. The number of nitrogens with one attached hydrogen (secondary N) is 1. The number of nitrogens with zero attached hydrogens (tertiary/aromatic N) is 1. The van der Waals surface area contributed by atoms with Gasteiger partial charge in [0.05, 0.1) is 0 Å². The van der Waals surface area contributed by atoms with Crippen molar-refractivity contribution in [3.8, 4) is 0 Å². The van der Waals surface area contributed by atoms with Crippen molar-refractivity contribution in [3.63, 3.8) is 0 Å². The summed E-state index contributed by atoms with van der Waals surface area (Å²) in [6, 6.07) is 11.8. The minimum absolute atomic E-state index is 0.753. The lowest BCUT2D eigenvalue weighted by Gasteiger charge is -2.08. The van der Waals surface area contributed by atoms with Gasteiger partial charge in [0, 0.05) is 22.7 Å². The molecule has 1 N–H and O–H groups in total. The van der Waals surface area contributed by atoms with Crippen LogP contribution in [0.4, 0.5) is 0 Å². The van der Waals surface area contributed by atoms with Crippen LogP contribution < -0.4 is 5.32 Å². The molecule has 0 amide bonds. The number of rotatable bonds is 4. The molecule has 88 valence electrons. The number of benzene rings is 1. The van der Waals surface area contributed by atoms with Crippen LogP contribution in [0.3, 0.4) is 0 Å². The van der Waals surface area contributed by atoms with E-state index in [9.17, 15) is 0 Å². The zero-order valence-corrected chi connectivity index (χ0v) is 11.1. The van der Waals surface area contributed by atoms with Gasteiger partial charge in [-0.05, 0) is 36.9 Å². The van der Waals surface area contributed by atoms with Gasteiger partial charge in [-0.3, -0.25) is 0 Å². The third kappa shape index (κ3) is 3.46. The van der Waals surface area contributed by atoms with Crippen LogP contribution >= 0.6 is 23.4 Å². The highest BCUT2D eigenvalue weighted by atomic mass is 35.5. The highest BCUT2D eigenvalue weighted by molar-refractivity contribution is 7.99. The van der Waals surface area contributed by atoms with Gasteiger partial charge in [0.25, 0.3) is 0 Å². The Labute approximate surface area is 110 Å². The molecule has 2 nitrogen and oxygen atoms in total. The summed E-state index contributed by atoms with van der Waals surface area (Å²) in [5.41, 5.74) is 1.23. The van der Waals surface area contributed by atoms with Crippen molar-refractivity contribution in [2.45, 2.75) is 16.5 Å². The second-order valence-corrected chi connectivity index (χ2v) is 5.05. The summed E-state index contributed by atoms with van der Waals surface area (Å²) in [7, 11) is 1.93. The summed E-state index contributed by atoms with van der Waals surface area (Å²) in [5.74, 6) is 0. The molecular weight excluding hydrogens is 252 g/mol. The number of pyridine rings is 1. The van der Waals surface area contributed by atoms with Gasteiger partial charge >= 0.3 is 0 Å². The van der Waals surface area contributed by atoms with Crippen molar-refractivity contribution in [1.82, 2.24) is 10.3 Å². The van der Waals surface area contributed by atoms with Crippen molar-refractivity contribution in [2.24, 2.45) is 0 Å². The van der Waals surface area contributed by atoms with Gasteiger partial charge in [-0.2, -0.15) is 0 Å². The van der Waals surface area contributed by atoms with Gasteiger partial charge in [-0.1, -0.05) is 35.5 Å². The minimum Gasteiger partial charge on any atom is -0.316 e. The van der Waals surface area contributed by atoms with Crippen LogP contribution in [0.25, 0.3) is 0 Å². The minimum atomic E-state index is 0.753. The van der Waals surface area contributed by atoms with Gasteiger partial charge in [0.1, 0.15) is 5.03 Å². The molecule has 1 aromatic heterocycles. The molecule has 0 saturated heterocycles. The maximum Gasteiger partial charge on any atom is 0.101 e. The van der Waals surface area contributed by atoms with Crippen LogP contribution in [0.2, 0.25) is 5.02 Å². The third-order valence-corrected chi connectivity index (χ3v) is 3.53. The fourth-order valence-electron chi connectivity index (χ4n) is 1.48. The molecule has 1 heterocycles. The maximum absolute atomic E-state index is 6.03. The van der Waals surface area contributed by atoms with Crippen LogP contribution in [0, 0.1) is 0 Å². The summed E-state index contributed by atoms with van der Waals surface area (Å²) < 4.78 is 0. The smallest absolute Gasteiger partial charge is 0.101 e. The van der Waals surface area contributed by atoms with Crippen LogP contribution in [-0.4, -0.2) is 12.0 Å². The van der Waals surface area contributed by atoms with Crippen molar-refractivity contribution >= 4 is 23.4 Å². The molecule has 1 aromatic carbocycles. The summed E-state index contributed by atoms with van der Waals surface area (Å²) in [6.07, 6.45) is 1.80. The van der Waals surface area contributed by atoms with E-state index in [2.05, 4.69) is 10.3 Å². The molecule has 0 aliphatic carbocycles. The molecule has 0 spiro atoms. The average Bonchev–Trinajstić information content (AvgIpc) is 2.34. The SMILES string of the molecule is CNCc1ccc(Cl)cc1Sc1ccccn1. The molecule has 0 radical (unpaired) electrons. The molecule has 0 bridgehead atoms. The second-order valence-electron chi connectivity index (χ2n) is 3.55. The Hall–Kier alpha value is -1.03. The molecule has 4 heteroatoms. The summed E-state index contributed by atoms with van der Waals surface area (Å²) >= 11 is 7.66. The number of halogens is 1. The standard InChI is InChI=1S/C13H13ClN2S/c1-15-9-10-5-6-11(14)8-12(10)17-13-4-2-3-7-16-13/h2-8,15H,9H2,1H3. The Balaban J connectivity index is 2.27. The summed E-state index contributed by atoms with van der Waals surface area (Å²) in [5, 5.41) is 4.88. The van der Waals surface area contributed by atoms with E-state index in [-0.39, 0.29) is 0 Å². The van der Waals surface area contributed by atoms with Crippen LogP contribution in [0.15, 0.2) is 52.5 Å². The van der Waals surface area contributed by atoms with Crippen molar-refractivity contribution < 1.29 is 0 Å². The first-order chi connectivity index (χ1) is 8.29. The van der Waals surface area contributed by atoms with E-state index >= 15 is 0 Å². The molecule has 0 saturated carbocycles. The fourth-order valence-corrected chi connectivity index (χ4v) is 2.66. The topological polar surface area (TPSA) is 24.9 Å². The third-order valence-electron chi connectivity index (χ3n) is 2.25. The lowest BCUT2D eigenvalue weighted by Crippen LogP contribution is -2.06. The van der Waals surface area contributed by atoms with E-state index in [0.717, 1.165) is 21.5 Å². The van der Waals surface area contributed by atoms with E-state index in [4.69, 9.17) is 11.6 Å². The summed E-state index contributed by atoms with van der Waals surface area (Å²) in [6.45, 7) is 0.826. The van der Waals surface area contributed by atoms with E-state index in [0.29, 0.717) is 0 Å². The average molecular weight is 265 g/mol. The van der Waals surface area contributed by atoms with Crippen LogP contribution in [-0.2, 0) is 6.54 Å². The Morgan fingerprint density at radius 2 is 2.18 bits per heavy atom. The molecule has 0 atom stereocenters. The van der Waals surface area contributed by atoms with E-state index < -0.39 is 0 Å². The van der Waals surface area contributed by atoms with Gasteiger partial charge in [-0.15, -0.1) is 0 Å². The van der Waals surface area contributed by atoms with Gasteiger partial charge in [-0.25, -0.2) is 4.98 Å². The first-order valence-corrected chi connectivity index (χ1v) is 6.51. The zero-order valence-electron chi connectivity index (χ0n) is 9.48. The van der Waals surface area contributed by atoms with Crippen molar-refractivity contribution in [1.29, 1.82) is 0 Å². The van der Waals surface area contributed by atoms with E-state index in [1.165, 1.54) is 5.56 Å². The lowest BCUT2D eigenvalue weighted by atomic mass is 10.2. The largest absolute Gasteiger partial charge is 0.316 e. The molecule has 2 rings (SSSR count). The van der Waals surface area contributed by atoms with Gasteiger partial charge in [0.15, 0.2) is 0 Å². The molecule has 17 heavy (non-hydrogen) atoms. The fraction of sp³-hybridized carbons (Fsp3) is 0.154. The van der Waals surface area contributed by atoms with Crippen molar-refractivity contribution in [3.05, 3.63) is 53.2 Å². The predicted molar refractivity (Wildman–Crippen MR) is 72.6 cm³/mol. The second kappa shape index (κ2) is 6.05. The quantitative estimate of drug-likeness (QED) is 0.913. The highest BCUT2D eigenvalue weighted by Gasteiger charge is 2.05. The first kappa shape index (κ1) is 12.4. The zero-order chi connectivity index (χ0) is 12.1. The Morgan fingerprint density at radius 1 is 1.29 bits per heavy atom. The number of aromatic nitrogens is 1. The van der Waals surface area contributed by atoms with Gasteiger partial charge < -0.3 is 5.32 Å². The number of hydrogen-bond acceptors (Lipinski definition) is 3. The Morgan fingerprint density at radius 3 is 2.88 bits per heavy atom. The summed E-state index contributed by atoms with van der Waals surface area (Å²) in [4.78, 5) is 5.45. The number of hydrogen-bond donors (Lipinski definition) is 1.